The molecule has 2 amide bonds. The highest BCUT2D eigenvalue weighted by atomic mass is 16.6. The Morgan fingerprint density at radius 3 is 2.30 bits per heavy atom. The molecule has 7 nitrogen and oxygen atoms in total. The number of nitro groups is 1. The number of amides is 2. The van der Waals surface area contributed by atoms with Crippen molar-refractivity contribution in [1.82, 2.24) is 5.01 Å². The lowest BCUT2D eigenvalue weighted by Crippen LogP contribution is -2.43. The predicted molar refractivity (Wildman–Crippen MR) is 82.7 cm³/mol. The van der Waals surface area contributed by atoms with Crippen LogP contribution < -0.4 is 5.01 Å². The van der Waals surface area contributed by atoms with Gasteiger partial charge in [0.15, 0.2) is 0 Å². The van der Waals surface area contributed by atoms with Crippen molar-refractivity contribution in [3.63, 3.8) is 0 Å². The highest BCUT2D eigenvalue weighted by Gasteiger charge is 2.34. The molecule has 0 bridgehead atoms. The summed E-state index contributed by atoms with van der Waals surface area (Å²) >= 11 is 0. The number of anilines is 1. The fourth-order valence-corrected chi connectivity index (χ4v) is 2.46. The SMILES string of the molecule is O=C(c1ccccc1)N1CCC(=O)N1c1ccc([N+](=O)[O-])cc1. The predicted octanol–water partition coefficient (Wildman–Crippen LogP) is 2.39. The van der Waals surface area contributed by atoms with Crippen molar-refractivity contribution >= 4 is 23.2 Å². The normalized spacial score (nSPS) is 14.2. The maximum absolute atomic E-state index is 12.6. The summed E-state index contributed by atoms with van der Waals surface area (Å²) in [6.07, 6.45) is 0.218. The molecule has 1 aliphatic rings. The van der Waals surface area contributed by atoms with Gasteiger partial charge in [-0.1, -0.05) is 18.2 Å². The van der Waals surface area contributed by atoms with Gasteiger partial charge in [0.05, 0.1) is 17.2 Å². The first-order valence-corrected chi connectivity index (χ1v) is 7.02. The van der Waals surface area contributed by atoms with Crippen molar-refractivity contribution < 1.29 is 14.5 Å². The second kappa shape index (κ2) is 5.88. The van der Waals surface area contributed by atoms with Crippen molar-refractivity contribution in [3.05, 3.63) is 70.3 Å². The quantitative estimate of drug-likeness (QED) is 0.643. The van der Waals surface area contributed by atoms with Crippen LogP contribution in [0.25, 0.3) is 0 Å². The van der Waals surface area contributed by atoms with Crippen LogP contribution in [0.3, 0.4) is 0 Å². The van der Waals surface area contributed by atoms with E-state index in [9.17, 15) is 19.7 Å². The molecule has 0 atom stereocenters. The molecule has 1 aliphatic heterocycles. The summed E-state index contributed by atoms with van der Waals surface area (Å²) in [4.78, 5) is 34.9. The van der Waals surface area contributed by atoms with Gasteiger partial charge in [-0.3, -0.25) is 19.7 Å². The van der Waals surface area contributed by atoms with E-state index in [4.69, 9.17) is 0 Å². The molecule has 1 saturated heterocycles. The zero-order chi connectivity index (χ0) is 16.4. The summed E-state index contributed by atoms with van der Waals surface area (Å²) in [6.45, 7) is 0.281. The standard InChI is InChI=1S/C16H13N3O4/c20-15-10-11-17(16(21)12-4-2-1-3-5-12)18(15)13-6-8-14(9-7-13)19(22)23/h1-9H,10-11H2. The van der Waals surface area contributed by atoms with Gasteiger partial charge in [-0.15, -0.1) is 0 Å². The van der Waals surface area contributed by atoms with E-state index in [-0.39, 0.29) is 30.5 Å². The molecule has 0 unspecified atom stereocenters. The molecule has 2 aromatic carbocycles. The first kappa shape index (κ1) is 14.7. The summed E-state index contributed by atoms with van der Waals surface area (Å²) < 4.78 is 0. The van der Waals surface area contributed by atoms with Gasteiger partial charge >= 0.3 is 0 Å². The van der Waals surface area contributed by atoms with Crippen LogP contribution in [0.15, 0.2) is 54.6 Å². The lowest BCUT2D eigenvalue weighted by Gasteiger charge is -2.27. The summed E-state index contributed by atoms with van der Waals surface area (Å²) in [6, 6.07) is 14.2. The molecule has 1 fully saturated rings. The number of carbonyl (C=O) groups is 2. The number of rotatable bonds is 3. The van der Waals surface area contributed by atoms with Crippen LogP contribution in [-0.2, 0) is 4.79 Å². The maximum atomic E-state index is 12.6. The van der Waals surface area contributed by atoms with Crippen LogP contribution >= 0.6 is 0 Å². The smallest absolute Gasteiger partial charge is 0.272 e. The molecular weight excluding hydrogens is 298 g/mol. The summed E-state index contributed by atoms with van der Waals surface area (Å²) in [5.74, 6) is -0.502. The van der Waals surface area contributed by atoms with Gasteiger partial charge in [-0.2, -0.15) is 0 Å². The third-order valence-electron chi connectivity index (χ3n) is 3.58. The van der Waals surface area contributed by atoms with Gasteiger partial charge in [0, 0.05) is 24.1 Å². The van der Waals surface area contributed by atoms with Crippen LogP contribution in [0.5, 0.6) is 0 Å². The average Bonchev–Trinajstić information content (AvgIpc) is 2.96. The number of carbonyl (C=O) groups excluding carboxylic acids is 2. The average molecular weight is 311 g/mol. The number of hydrazine groups is 1. The van der Waals surface area contributed by atoms with E-state index in [1.165, 1.54) is 34.3 Å². The second-order valence-electron chi connectivity index (χ2n) is 5.02. The lowest BCUT2D eigenvalue weighted by atomic mass is 10.2. The Morgan fingerprint density at radius 2 is 1.70 bits per heavy atom. The van der Waals surface area contributed by atoms with Crippen molar-refractivity contribution in [2.45, 2.75) is 6.42 Å². The second-order valence-corrected chi connectivity index (χ2v) is 5.02. The van der Waals surface area contributed by atoms with Gasteiger partial charge in [-0.25, -0.2) is 10.0 Å². The minimum atomic E-state index is -0.511. The van der Waals surface area contributed by atoms with Crippen LogP contribution in [-0.4, -0.2) is 28.3 Å². The van der Waals surface area contributed by atoms with E-state index in [0.717, 1.165) is 0 Å². The van der Waals surface area contributed by atoms with E-state index in [1.54, 1.807) is 30.3 Å². The molecule has 7 heteroatoms. The monoisotopic (exact) mass is 311 g/mol. The lowest BCUT2D eigenvalue weighted by molar-refractivity contribution is -0.384. The molecule has 3 rings (SSSR count). The van der Waals surface area contributed by atoms with Gasteiger partial charge in [0.2, 0.25) is 5.91 Å². The highest BCUT2D eigenvalue weighted by molar-refractivity contribution is 6.04. The number of benzene rings is 2. The number of hydrogen-bond acceptors (Lipinski definition) is 4. The Kier molecular flexibility index (Phi) is 3.76. The zero-order valence-corrected chi connectivity index (χ0v) is 12.1. The van der Waals surface area contributed by atoms with E-state index in [0.29, 0.717) is 11.3 Å². The largest absolute Gasteiger partial charge is 0.273 e. The Morgan fingerprint density at radius 1 is 1.04 bits per heavy atom. The van der Waals surface area contributed by atoms with Crippen molar-refractivity contribution in [2.24, 2.45) is 0 Å². The third kappa shape index (κ3) is 2.76. The molecule has 1 heterocycles. The minimum Gasteiger partial charge on any atom is -0.273 e. The Labute approximate surface area is 131 Å². The van der Waals surface area contributed by atoms with Crippen LogP contribution in [0.4, 0.5) is 11.4 Å². The van der Waals surface area contributed by atoms with Crippen molar-refractivity contribution in [3.8, 4) is 0 Å². The van der Waals surface area contributed by atoms with E-state index < -0.39 is 4.92 Å². The Hall–Kier alpha value is -3.22. The van der Waals surface area contributed by atoms with Crippen LogP contribution in [0, 0.1) is 10.1 Å². The fourth-order valence-electron chi connectivity index (χ4n) is 2.46. The molecule has 0 aliphatic carbocycles. The van der Waals surface area contributed by atoms with Gasteiger partial charge < -0.3 is 0 Å². The van der Waals surface area contributed by atoms with E-state index >= 15 is 0 Å². The van der Waals surface area contributed by atoms with Gasteiger partial charge in [0.1, 0.15) is 0 Å². The van der Waals surface area contributed by atoms with Crippen molar-refractivity contribution in [2.75, 3.05) is 11.6 Å². The topological polar surface area (TPSA) is 83.8 Å². The Balaban J connectivity index is 1.91. The van der Waals surface area contributed by atoms with Crippen LogP contribution in [0.1, 0.15) is 16.8 Å². The van der Waals surface area contributed by atoms with Gasteiger partial charge in [-0.05, 0) is 24.3 Å². The first-order valence-electron chi connectivity index (χ1n) is 7.02. The molecule has 0 aromatic heterocycles. The van der Waals surface area contributed by atoms with Gasteiger partial charge in [0.25, 0.3) is 11.6 Å². The highest BCUT2D eigenvalue weighted by Crippen LogP contribution is 2.26. The first-order chi connectivity index (χ1) is 11.1. The summed E-state index contributed by atoms with van der Waals surface area (Å²) in [5, 5.41) is 13.4. The molecule has 0 saturated carbocycles. The molecule has 2 aromatic rings. The summed E-state index contributed by atoms with van der Waals surface area (Å²) in [7, 11) is 0. The van der Waals surface area contributed by atoms with Crippen molar-refractivity contribution in [1.29, 1.82) is 0 Å². The number of nitrogens with zero attached hydrogens (tertiary/aromatic N) is 3. The Bertz CT molecular complexity index is 759. The molecule has 0 N–H and O–H groups in total. The summed E-state index contributed by atoms with van der Waals surface area (Å²) in [5.41, 5.74) is 0.845. The van der Waals surface area contributed by atoms with E-state index in [2.05, 4.69) is 0 Å². The number of hydrogen-bond donors (Lipinski definition) is 0. The van der Waals surface area contributed by atoms with Crippen LogP contribution in [0.2, 0.25) is 0 Å². The molecule has 0 spiro atoms. The van der Waals surface area contributed by atoms with E-state index in [1.807, 2.05) is 0 Å². The molecular formula is C16H13N3O4. The molecule has 0 radical (unpaired) electrons. The fraction of sp³-hybridized carbons (Fsp3) is 0.125. The zero-order valence-electron chi connectivity index (χ0n) is 12.1. The minimum absolute atomic E-state index is 0.0682. The third-order valence-corrected chi connectivity index (χ3v) is 3.58. The molecule has 116 valence electrons. The molecule has 23 heavy (non-hydrogen) atoms. The number of nitro benzene ring substituents is 1. The number of non-ortho nitro benzene ring substituents is 1. The maximum Gasteiger partial charge on any atom is 0.272 e.